The van der Waals surface area contributed by atoms with E-state index in [0.29, 0.717) is 22.1 Å². The van der Waals surface area contributed by atoms with Gasteiger partial charge in [0.25, 0.3) is 0 Å². The van der Waals surface area contributed by atoms with Crippen LogP contribution in [0.2, 0.25) is 0 Å². The van der Waals surface area contributed by atoms with E-state index in [9.17, 15) is 21.6 Å². The molecule has 1 aromatic heterocycles. The molecule has 0 spiro atoms. The van der Waals surface area contributed by atoms with Crippen molar-refractivity contribution in [2.24, 2.45) is 0 Å². The molecule has 0 saturated carbocycles. The second-order valence-corrected chi connectivity index (χ2v) is 9.01. The molecule has 0 saturated heterocycles. The molecule has 4 aromatic rings. The Hall–Kier alpha value is -3.45. The highest BCUT2D eigenvalue weighted by Gasteiger charge is 2.33. The minimum Gasteiger partial charge on any atom is -0.256 e. The molecule has 7 heteroatoms. The lowest BCUT2D eigenvalue weighted by Gasteiger charge is -2.13. The number of hydrogen-bond acceptors (Lipinski definition) is 3. The molecule has 162 valence electrons. The van der Waals surface area contributed by atoms with E-state index in [0.717, 1.165) is 17.0 Å². The van der Waals surface area contributed by atoms with Gasteiger partial charge in [-0.2, -0.15) is 13.2 Å². The lowest BCUT2D eigenvalue weighted by Crippen LogP contribution is -2.06. The van der Waals surface area contributed by atoms with Gasteiger partial charge in [-0.3, -0.25) is 4.98 Å². The second kappa shape index (κ2) is 8.24. The predicted octanol–water partition coefficient (Wildman–Crippen LogP) is 6.89. The molecule has 0 atom stereocenters. The van der Waals surface area contributed by atoms with E-state index < -0.39 is 21.6 Å². The van der Waals surface area contributed by atoms with Crippen molar-refractivity contribution in [1.82, 2.24) is 4.98 Å². The molecule has 0 unspecified atom stereocenters. The van der Waals surface area contributed by atoms with E-state index >= 15 is 0 Å². The molecular formula is C25H18F3NO2S. The molecule has 0 aliphatic rings. The molecule has 32 heavy (non-hydrogen) atoms. The maximum absolute atomic E-state index is 13.4. The lowest BCUT2D eigenvalue weighted by atomic mass is 9.96. The maximum atomic E-state index is 13.4. The van der Waals surface area contributed by atoms with E-state index in [1.807, 2.05) is 12.1 Å². The number of nitrogens with zero attached hydrogens (tertiary/aromatic N) is 1. The van der Waals surface area contributed by atoms with Gasteiger partial charge in [0.05, 0.1) is 16.0 Å². The average molecular weight is 453 g/mol. The summed E-state index contributed by atoms with van der Waals surface area (Å²) in [5, 5.41) is 1.54. The Morgan fingerprint density at radius 2 is 1.50 bits per heavy atom. The summed E-state index contributed by atoms with van der Waals surface area (Å²) in [5.41, 5.74) is 1.86. The third kappa shape index (κ3) is 4.16. The topological polar surface area (TPSA) is 47.0 Å². The Labute approximate surface area is 183 Å². The van der Waals surface area contributed by atoms with Gasteiger partial charge in [0.1, 0.15) is 0 Å². The molecule has 0 aliphatic carbocycles. The van der Waals surface area contributed by atoms with Crippen molar-refractivity contribution in [3.8, 4) is 22.3 Å². The lowest BCUT2D eigenvalue weighted by molar-refractivity contribution is -0.136. The number of sulfone groups is 1. The van der Waals surface area contributed by atoms with Crippen LogP contribution in [0.15, 0.2) is 95.4 Å². The number of pyridine rings is 1. The molecule has 0 radical (unpaired) electrons. The molecule has 3 nitrogen and oxygen atoms in total. The Kier molecular flexibility index (Phi) is 5.60. The Bertz CT molecular complexity index is 1440. The minimum absolute atomic E-state index is 0.109. The van der Waals surface area contributed by atoms with Crippen LogP contribution < -0.4 is 0 Å². The zero-order valence-corrected chi connectivity index (χ0v) is 17.8. The van der Waals surface area contributed by atoms with Crippen LogP contribution in [0.5, 0.6) is 0 Å². The first kappa shape index (κ1) is 21.8. The van der Waals surface area contributed by atoms with Crippen LogP contribution in [0.3, 0.4) is 0 Å². The first-order valence-corrected chi connectivity index (χ1v) is 11.3. The van der Waals surface area contributed by atoms with Crippen molar-refractivity contribution in [2.75, 3.05) is 0 Å². The Morgan fingerprint density at radius 1 is 0.844 bits per heavy atom. The molecule has 0 amide bonds. The van der Waals surface area contributed by atoms with Crippen molar-refractivity contribution in [2.45, 2.75) is 18.0 Å². The number of benzene rings is 3. The molecule has 3 aromatic carbocycles. The highest BCUT2D eigenvalue weighted by atomic mass is 32.2. The number of para-hydroxylation sites is 1. The largest absolute Gasteiger partial charge is 0.418 e. The van der Waals surface area contributed by atoms with Gasteiger partial charge in [0, 0.05) is 17.0 Å². The summed E-state index contributed by atoms with van der Waals surface area (Å²) in [5.74, 6) is 0. The summed E-state index contributed by atoms with van der Waals surface area (Å²) in [7, 11) is -3.55. The van der Waals surface area contributed by atoms with Crippen LogP contribution in [-0.4, -0.2) is 13.4 Å². The van der Waals surface area contributed by atoms with Gasteiger partial charge in [-0.05, 0) is 59.5 Å². The van der Waals surface area contributed by atoms with E-state index in [4.69, 9.17) is 0 Å². The summed E-state index contributed by atoms with van der Waals surface area (Å²) in [6.07, 6.45) is -1.68. The highest BCUT2D eigenvalue weighted by molar-refractivity contribution is 7.94. The normalized spacial score (nSPS) is 12.5. The third-order valence-electron chi connectivity index (χ3n) is 5.06. The molecule has 0 fully saturated rings. The van der Waals surface area contributed by atoms with Gasteiger partial charge in [0.2, 0.25) is 0 Å². The van der Waals surface area contributed by atoms with Crippen molar-refractivity contribution in [3.63, 3.8) is 0 Å². The molecule has 0 aliphatic heterocycles. The number of fused-ring (bicyclic) bond motifs is 1. The van der Waals surface area contributed by atoms with E-state index in [2.05, 4.69) is 4.98 Å². The molecular weight excluding hydrogens is 435 g/mol. The first-order chi connectivity index (χ1) is 15.2. The molecule has 0 bridgehead atoms. The van der Waals surface area contributed by atoms with E-state index in [1.165, 1.54) is 24.4 Å². The fourth-order valence-electron chi connectivity index (χ4n) is 3.63. The number of aromatic nitrogens is 1. The van der Waals surface area contributed by atoms with E-state index in [-0.39, 0.29) is 10.4 Å². The van der Waals surface area contributed by atoms with Crippen LogP contribution in [-0.2, 0) is 16.0 Å². The van der Waals surface area contributed by atoms with Gasteiger partial charge in [0.15, 0.2) is 9.84 Å². The fourth-order valence-corrected chi connectivity index (χ4v) is 4.71. The van der Waals surface area contributed by atoms with Crippen molar-refractivity contribution >= 4 is 20.7 Å². The molecule has 1 heterocycles. The van der Waals surface area contributed by atoms with Crippen LogP contribution in [0.25, 0.3) is 33.2 Å². The average Bonchev–Trinajstić information content (AvgIpc) is 2.78. The monoisotopic (exact) mass is 453 g/mol. The van der Waals surface area contributed by atoms with Gasteiger partial charge < -0.3 is 0 Å². The highest BCUT2D eigenvalue weighted by Crippen LogP contribution is 2.37. The fraction of sp³-hybridized carbons (Fsp3) is 0.0800. The molecule has 4 rings (SSSR count). The van der Waals surface area contributed by atoms with Gasteiger partial charge >= 0.3 is 6.18 Å². The number of allylic oxidation sites excluding steroid dienone is 1. The van der Waals surface area contributed by atoms with Crippen molar-refractivity contribution in [3.05, 3.63) is 96.0 Å². The van der Waals surface area contributed by atoms with Gasteiger partial charge in [-0.15, -0.1) is 0 Å². The van der Waals surface area contributed by atoms with Gasteiger partial charge in [-0.25, -0.2) is 8.42 Å². The summed E-state index contributed by atoms with van der Waals surface area (Å²) < 4.78 is 65.1. The van der Waals surface area contributed by atoms with Crippen molar-refractivity contribution < 1.29 is 21.6 Å². The van der Waals surface area contributed by atoms with E-state index in [1.54, 1.807) is 49.4 Å². The SMILES string of the molecule is CC=CS(=O)(=O)c1cccc(-c2cccc(-c3ccnc4c(C(F)(F)F)cccc34)c2)c1. The Balaban J connectivity index is 1.85. The predicted molar refractivity (Wildman–Crippen MR) is 120 cm³/mol. The summed E-state index contributed by atoms with van der Waals surface area (Å²) in [6, 6.07) is 19.5. The van der Waals surface area contributed by atoms with Gasteiger partial charge in [-0.1, -0.05) is 48.5 Å². The number of alkyl halides is 3. The standard InChI is InChI=1S/C25H18F3NO2S/c1-2-14-32(30,31)20-9-4-7-18(16-20)17-6-3-8-19(15-17)21-12-13-29-24-22(21)10-5-11-23(24)25(26,27)28/h2-16H,1H3. The minimum atomic E-state index is -4.51. The Morgan fingerprint density at radius 3 is 2.22 bits per heavy atom. The number of rotatable bonds is 4. The smallest absolute Gasteiger partial charge is 0.256 e. The first-order valence-electron chi connectivity index (χ1n) is 9.74. The number of hydrogen-bond donors (Lipinski definition) is 0. The van der Waals surface area contributed by atoms with Crippen molar-refractivity contribution in [1.29, 1.82) is 0 Å². The maximum Gasteiger partial charge on any atom is 0.418 e. The summed E-state index contributed by atoms with van der Waals surface area (Å²) in [6.45, 7) is 1.63. The quantitative estimate of drug-likeness (QED) is 0.338. The van der Waals surface area contributed by atoms with Crippen LogP contribution in [0.4, 0.5) is 13.2 Å². The zero-order valence-electron chi connectivity index (χ0n) is 17.0. The van der Waals surface area contributed by atoms with Crippen LogP contribution in [0.1, 0.15) is 12.5 Å². The van der Waals surface area contributed by atoms with Crippen LogP contribution >= 0.6 is 0 Å². The zero-order chi connectivity index (χ0) is 22.9. The third-order valence-corrected chi connectivity index (χ3v) is 6.60. The summed E-state index contributed by atoms with van der Waals surface area (Å²) >= 11 is 0. The second-order valence-electron chi connectivity index (χ2n) is 7.18. The molecule has 0 N–H and O–H groups in total. The number of halogens is 3. The van der Waals surface area contributed by atoms with Crippen LogP contribution in [0, 0.1) is 0 Å². The summed E-state index contributed by atoms with van der Waals surface area (Å²) in [4.78, 5) is 4.15.